The molecule has 0 aliphatic heterocycles. The maximum atomic E-state index is 12.0. The van der Waals surface area contributed by atoms with Crippen molar-refractivity contribution in [2.24, 2.45) is 5.92 Å². The SMILES string of the molecule is CC(NC(=O)N(C)Cc1cccc(Cl)c1)C(C)C(=O)O. The molecule has 0 aliphatic carbocycles. The molecule has 0 bridgehead atoms. The number of aliphatic carboxylic acids is 1. The molecule has 0 aliphatic rings. The molecule has 6 heteroatoms. The normalized spacial score (nSPS) is 13.4. The third kappa shape index (κ3) is 4.74. The molecular weight excluding hydrogens is 280 g/mol. The number of halogens is 1. The smallest absolute Gasteiger partial charge is 0.317 e. The molecule has 0 aromatic heterocycles. The van der Waals surface area contributed by atoms with Gasteiger partial charge in [-0.3, -0.25) is 4.79 Å². The van der Waals surface area contributed by atoms with Gasteiger partial charge in [0, 0.05) is 24.7 Å². The molecule has 0 saturated carbocycles. The van der Waals surface area contributed by atoms with Crippen molar-refractivity contribution >= 4 is 23.6 Å². The van der Waals surface area contributed by atoms with E-state index in [1.54, 1.807) is 33.0 Å². The van der Waals surface area contributed by atoms with E-state index in [1.807, 2.05) is 12.1 Å². The summed E-state index contributed by atoms with van der Waals surface area (Å²) in [4.78, 5) is 24.3. The van der Waals surface area contributed by atoms with Gasteiger partial charge in [-0.15, -0.1) is 0 Å². The fraction of sp³-hybridized carbons (Fsp3) is 0.429. The summed E-state index contributed by atoms with van der Waals surface area (Å²) in [6.07, 6.45) is 0. The highest BCUT2D eigenvalue weighted by molar-refractivity contribution is 6.30. The van der Waals surface area contributed by atoms with Gasteiger partial charge in [0.15, 0.2) is 0 Å². The zero-order valence-corrected chi connectivity index (χ0v) is 12.5. The number of rotatable bonds is 5. The van der Waals surface area contributed by atoms with Crippen LogP contribution in [0.25, 0.3) is 0 Å². The summed E-state index contributed by atoms with van der Waals surface area (Å²) in [5.41, 5.74) is 0.911. The number of benzene rings is 1. The lowest BCUT2D eigenvalue weighted by Crippen LogP contribution is -2.45. The molecule has 2 N–H and O–H groups in total. The van der Waals surface area contributed by atoms with Crippen LogP contribution >= 0.6 is 11.6 Å². The Morgan fingerprint density at radius 2 is 2.05 bits per heavy atom. The summed E-state index contributed by atoms with van der Waals surface area (Å²) in [5, 5.41) is 12.2. The molecule has 0 radical (unpaired) electrons. The van der Waals surface area contributed by atoms with Crippen LogP contribution < -0.4 is 5.32 Å². The molecule has 2 atom stereocenters. The number of nitrogens with zero attached hydrogens (tertiary/aromatic N) is 1. The van der Waals surface area contributed by atoms with Gasteiger partial charge >= 0.3 is 12.0 Å². The van der Waals surface area contributed by atoms with Gasteiger partial charge in [0.1, 0.15) is 0 Å². The molecule has 2 amide bonds. The molecule has 110 valence electrons. The van der Waals surface area contributed by atoms with Crippen molar-refractivity contribution in [1.82, 2.24) is 10.2 Å². The summed E-state index contributed by atoms with van der Waals surface area (Å²) in [7, 11) is 1.65. The predicted octanol–water partition coefficient (Wildman–Crippen LogP) is 2.59. The Kier molecular flexibility index (Phi) is 5.82. The first-order valence-electron chi connectivity index (χ1n) is 6.30. The highest BCUT2D eigenvalue weighted by atomic mass is 35.5. The number of hydrogen-bond acceptors (Lipinski definition) is 2. The number of carboxylic acids is 1. The second-order valence-corrected chi connectivity index (χ2v) is 5.29. The Balaban J connectivity index is 2.57. The van der Waals surface area contributed by atoms with Crippen LogP contribution in [0.15, 0.2) is 24.3 Å². The summed E-state index contributed by atoms with van der Waals surface area (Å²) in [6.45, 7) is 3.63. The van der Waals surface area contributed by atoms with Crippen LogP contribution in [0.1, 0.15) is 19.4 Å². The summed E-state index contributed by atoms with van der Waals surface area (Å²) in [5.74, 6) is -1.58. The zero-order valence-electron chi connectivity index (χ0n) is 11.8. The number of amides is 2. The van der Waals surface area contributed by atoms with E-state index in [-0.39, 0.29) is 6.03 Å². The van der Waals surface area contributed by atoms with Crippen LogP contribution in [-0.4, -0.2) is 35.1 Å². The average molecular weight is 299 g/mol. The zero-order chi connectivity index (χ0) is 15.3. The van der Waals surface area contributed by atoms with Crippen molar-refractivity contribution in [3.63, 3.8) is 0 Å². The van der Waals surface area contributed by atoms with Crippen molar-refractivity contribution in [1.29, 1.82) is 0 Å². The second kappa shape index (κ2) is 7.14. The number of carbonyl (C=O) groups excluding carboxylic acids is 1. The quantitative estimate of drug-likeness (QED) is 0.878. The first kappa shape index (κ1) is 16.3. The largest absolute Gasteiger partial charge is 0.481 e. The molecule has 1 aromatic rings. The predicted molar refractivity (Wildman–Crippen MR) is 77.7 cm³/mol. The monoisotopic (exact) mass is 298 g/mol. The number of carbonyl (C=O) groups is 2. The minimum Gasteiger partial charge on any atom is -0.481 e. The van der Waals surface area contributed by atoms with Crippen LogP contribution in [-0.2, 0) is 11.3 Å². The number of hydrogen-bond donors (Lipinski definition) is 2. The first-order chi connectivity index (χ1) is 9.31. The van der Waals surface area contributed by atoms with Crippen LogP contribution in [0.4, 0.5) is 4.79 Å². The first-order valence-corrected chi connectivity index (χ1v) is 6.68. The van der Waals surface area contributed by atoms with E-state index in [0.29, 0.717) is 11.6 Å². The Bertz CT molecular complexity index is 493. The van der Waals surface area contributed by atoms with E-state index < -0.39 is 17.9 Å². The van der Waals surface area contributed by atoms with Gasteiger partial charge < -0.3 is 15.3 Å². The lowest BCUT2D eigenvalue weighted by atomic mass is 10.0. The number of nitrogens with one attached hydrogen (secondary N) is 1. The third-order valence-electron chi connectivity index (χ3n) is 3.15. The van der Waals surface area contributed by atoms with Crippen molar-refractivity contribution in [2.45, 2.75) is 26.4 Å². The van der Waals surface area contributed by atoms with Crippen LogP contribution in [0, 0.1) is 5.92 Å². The van der Waals surface area contributed by atoms with E-state index in [1.165, 1.54) is 4.90 Å². The van der Waals surface area contributed by atoms with Crippen molar-refractivity contribution in [3.8, 4) is 0 Å². The lowest BCUT2D eigenvalue weighted by molar-refractivity contribution is -0.141. The van der Waals surface area contributed by atoms with Gasteiger partial charge in [0.05, 0.1) is 5.92 Å². The average Bonchev–Trinajstić information content (AvgIpc) is 2.37. The molecule has 1 rings (SSSR count). The molecule has 0 heterocycles. The minimum atomic E-state index is -0.935. The minimum absolute atomic E-state index is 0.314. The summed E-state index contributed by atoms with van der Waals surface area (Å²) >= 11 is 5.88. The van der Waals surface area contributed by atoms with Crippen molar-refractivity contribution < 1.29 is 14.7 Å². The Morgan fingerprint density at radius 1 is 1.40 bits per heavy atom. The molecule has 5 nitrogen and oxygen atoms in total. The van der Waals surface area contributed by atoms with Crippen LogP contribution in [0.3, 0.4) is 0 Å². The Hall–Kier alpha value is -1.75. The van der Waals surface area contributed by atoms with Gasteiger partial charge in [-0.05, 0) is 31.5 Å². The van der Waals surface area contributed by atoms with Gasteiger partial charge in [-0.2, -0.15) is 0 Å². The highest BCUT2D eigenvalue weighted by Crippen LogP contribution is 2.12. The number of urea groups is 1. The van der Waals surface area contributed by atoms with Crippen LogP contribution in [0.5, 0.6) is 0 Å². The van der Waals surface area contributed by atoms with Crippen molar-refractivity contribution in [3.05, 3.63) is 34.9 Å². The Morgan fingerprint density at radius 3 is 2.60 bits per heavy atom. The van der Waals surface area contributed by atoms with E-state index in [0.717, 1.165) is 5.56 Å². The number of carboxylic acid groups (broad SMARTS) is 1. The van der Waals surface area contributed by atoms with Gasteiger partial charge in [0.2, 0.25) is 0 Å². The van der Waals surface area contributed by atoms with E-state index in [4.69, 9.17) is 16.7 Å². The lowest BCUT2D eigenvalue weighted by Gasteiger charge is -2.23. The van der Waals surface area contributed by atoms with Crippen molar-refractivity contribution in [2.75, 3.05) is 7.05 Å². The fourth-order valence-corrected chi connectivity index (χ4v) is 1.84. The maximum Gasteiger partial charge on any atom is 0.317 e. The molecule has 0 saturated heterocycles. The second-order valence-electron chi connectivity index (χ2n) is 4.85. The topological polar surface area (TPSA) is 69.6 Å². The highest BCUT2D eigenvalue weighted by Gasteiger charge is 2.22. The van der Waals surface area contributed by atoms with E-state index in [9.17, 15) is 9.59 Å². The summed E-state index contributed by atoms with van der Waals surface area (Å²) in [6, 6.07) is 6.49. The van der Waals surface area contributed by atoms with E-state index in [2.05, 4.69) is 5.32 Å². The molecule has 1 aromatic carbocycles. The van der Waals surface area contributed by atoms with Gasteiger partial charge in [0.25, 0.3) is 0 Å². The molecule has 0 fully saturated rings. The van der Waals surface area contributed by atoms with Crippen LogP contribution in [0.2, 0.25) is 5.02 Å². The molecule has 20 heavy (non-hydrogen) atoms. The third-order valence-corrected chi connectivity index (χ3v) is 3.38. The molecule has 2 unspecified atom stereocenters. The summed E-state index contributed by atoms with van der Waals surface area (Å²) < 4.78 is 0. The van der Waals surface area contributed by atoms with Gasteiger partial charge in [-0.25, -0.2) is 4.79 Å². The maximum absolute atomic E-state index is 12.0. The standard InChI is InChI=1S/C14H19ClN2O3/c1-9(13(18)19)10(2)16-14(20)17(3)8-11-5-4-6-12(15)7-11/h4-7,9-10H,8H2,1-3H3,(H,16,20)(H,18,19). The fourth-order valence-electron chi connectivity index (χ4n) is 1.62. The molecular formula is C14H19ClN2O3. The molecule has 0 spiro atoms. The Labute approximate surface area is 123 Å². The van der Waals surface area contributed by atoms with E-state index >= 15 is 0 Å². The van der Waals surface area contributed by atoms with Gasteiger partial charge in [-0.1, -0.05) is 23.7 Å².